The fourth-order valence-corrected chi connectivity index (χ4v) is 2.69. The van der Waals surface area contributed by atoms with Crippen LogP contribution in [0.5, 0.6) is 11.5 Å². The summed E-state index contributed by atoms with van der Waals surface area (Å²) in [6, 6.07) is 12.5. The molecule has 0 unspecified atom stereocenters. The van der Waals surface area contributed by atoms with Crippen LogP contribution in [0.15, 0.2) is 60.0 Å². The molecule has 7 heteroatoms. The molecule has 5 N–H and O–H groups in total. The lowest BCUT2D eigenvalue weighted by Crippen LogP contribution is -2.72. The number of phenolic OH excluding ortho intramolecular Hbond substituents is 2. The van der Waals surface area contributed by atoms with Gasteiger partial charge < -0.3 is 25.7 Å². The zero-order valence-electron chi connectivity index (χ0n) is 16.9. The van der Waals surface area contributed by atoms with Crippen molar-refractivity contribution in [3.8, 4) is 11.5 Å². The molecule has 0 aliphatic carbocycles. The van der Waals surface area contributed by atoms with Crippen LogP contribution in [0, 0.1) is 0 Å². The lowest BCUT2D eigenvalue weighted by atomic mass is 10.2. The van der Waals surface area contributed by atoms with E-state index in [4.69, 9.17) is 0 Å². The molecule has 0 saturated heterocycles. The largest absolute Gasteiger partial charge is 0.508 e. The van der Waals surface area contributed by atoms with Crippen molar-refractivity contribution in [1.82, 2.24) is 4.90 Å². The van der Waals surface area contributed by atoms with E-state index in [-0.39, 0.29) is 11.5 Å². The van der Waals surface area contributed by atoms with Crippen molar-refractivity contribution in [3.05, 3.63) is 60.4 Å². The zero-order chi connectivity index (χ0) is 20.5. The number of hydrogen-bond donors (Lipinski definition) is 4. The van der Waals surface area contributed by atoms with Crippen LogP contribution in [0.25, 0.3) is 0 Å². The molecule has 150 valence electrons. The van der Waals surface area contributed by atoms with Crippen LogP contribution >= 0.6 is 0 Å². The summed E-state index contributed by atoms with van der Waals surface area (Å²) in [4.78, 5) is 2.08. The van der Waals surface area contributed by atoms with E-state index < -0.39 is 0 Å². The number of rotatable bonds is 9. The molecular weight excluding hydrogens is 354 g/mol. The fourth-order valence-electron chi connectivity index (χ4n) is 2.69. The van der Waals surface area contributed by atoms with Gasteiger partial charge in [-0.05, 0) is 43.3 Å². The Hall–Kier alpha value is -3.19. The maximum absolute atomic E-state index is 9.85. The minimum Gasteiger partial charge on any atom is -0.508 e. The first-order valence-corrected chi connectivity index (χ1v) is 9.18. The lowest BCUT2D eigenvalue weighted by Gasteiger charge is -2.18. The van der Waals surface area contributed by atoms with E-state index in [0.717, 1.165) is 29.2 Å². The monoisotopic (exact) mass is 384 g/mol. The molecule has 7 nitrogen and oxygen atoms in total. The highest BCUT2D eigenvalue weighted by molar-refractivity contribution is 5.84. The van der Waals surface area contributed by atoms with E-state index in [1.807, 2.05) is 75.1 Å². The summed E-state index contributed by atoms with van der Waals surface area (Å²) >= 11 is 0. The van der Waals surface area contributed by atoms with Gasteiger partial charge in [-0.1, -0.05) is 0 Å². The van der Waals surface area contributed by atoms with Crippen molar-refractivity contribution in [1.29, 1.82) is 0 Å². The summed E-state index contributed by atoms with van der Waals surface area (Å²) in [5, 5.41) is 30.9. The minimum atomic E-state index is 0.0513. The lowest BCUT2D eigenvalue weighted by molar-refractivity contribution is -0.557. The zero-order valence-corrected chi connectivity index (χ0v) is 16.9. The molecule has 0 bridgehead atoms. The summed E-state index contributed by atoms with van der Waals surface area (Å²) in [5.74, 6) is 0.126. The van der Waals surface area contributed by atoms with E-state index in [1.54, 1.807) is 12.1 Å². The number of nitrogens with one attached hydrogen (secondary N) is 1. The second-order valence-corrected chi connectivity index (χ2v) is 6.66. The molecule has 0 fully saturated rings. The molecule has 0 amide bonds. The van der Waals surface area contributed by atoms with Gasteiger partial charge in [-0.3, -0.25) is 5.01 Å². The van der Waals surface area contributed by atoms with Crippen molar-refractivity contribution < 1.29 is 15.5 Å². The third-order valence-corrected chi connectivity index (χ3v) is 4.12. The van der Waals surface area contributed by atoms with Gasteiger partial charge in [-0.2, -0.15) is 5.10 Å². The van der Waals surface area contributed by atoms with E-state index in [9.17, 15) is 10.2 Å². The Morgan fingerprint density at radius 2 is 1.86 bits per heavy atom. The van der Waals surface area contributed by atoms with Crippen LogP contribution in [-0.2, 0) is 6.54 Å². The number of nitrogens with two attached hydrogens (primary N) is 1. The van der Waals surface area contributed by atoms with Gasteiger partial charge in [0, 0.05) is 38.0 Å². The maximum atomic E-state index is 9.85. The molecule has 0 atom stereocenters. The predicted octanol–water partition coefficient (Wildman–Crippen LogP) is 2.12. The molecule has 0 saturated carbocycles. The molecule has 0 radical (unpaired) electrons. The third kappa shape index (κ3) is 6.51. The third-order valence-electron chi connectivity index (χ3n) is 4.12. The molecular formula is C21H30N5O2+. The van der Waals surface area contributed by atoms with Gasteiger partial charge in [0.15, 0.2) is 0 Å². The topological polar surface area (TPSA) is 87.9 Å². The molecule has 0 aliphatic heterocycles. The Kier molecular flexibility index (Phi) is 7.71. The van der Waals surface area contributed by atoms with Crippen molar-refractivity contribution in [2.75, 3.05) is 38.0 Å². The number of aromatic hydroxyl groups is 2. The first-order valence-electron chi connectivity index (χ1n) is 9.18. The summed E-state index contributed by atoms with van der Waals surface area (Å²) in [7, 11) is 5.94. The highest BCUT2D eigenvalue weighted by Crippen LogP contribution is 2.24. The Labute approximate surface area is 166 Å². The summed E-state index contributed by atoms with van der Waals surface area (Å²) < 4.78 is 0. The molecule has 0 heterocycles. The number of nitrogens with zero attached hydrogens (tertiary/aromatic N) is 3. The van der Waals surface area contributed by atoms with Crippen molar-refractivity contribution >= 4 is 17.1 Å². The van der Waals surface area contributed by atoms with Gasteiger partial charge in [-0.15, -0.1) is 0 Å². The Balaban J connectivity index is 1.93. The molecule has 0 spiro atoms. The standard InChI is InChI=1S/C21H29N5O2/c1-16(15-25(3)12-11-22-2)24-26(4)19-8-6-18(7-9-19)23-14-17-5-10-20(27)13-21(17)28/h5-13,22-23,27-28H,14-15H2,1-4H3/p+1/b12-11-,24-16+. The predicted molar refractivity (Wildman–Crippen MR) is 115 cm³/mol. The normalized spacial score (nSPS) is 11.6. The maximum Gasteiger partial charge on any atom is 0.124 e. The van der Waals surface area contributed by atoms with E-state index in [2.05, 4.69) is 15.3 Å². The Morgan fingerprint density at radius 3 is 2.50 bits per heavy atom. The second kappa shape index (κ2) is 10.2. The number of anilines is 2. The van der Waals surface area contributed by atoms with Gasteiger partial charge >= 0.3 is 0 Å². The fraction of sp³-hybridized carbons (Fsp3) is 0.286. The SMILES string of the molecule is C[NH2+]/C=C\N(C)C/C(C)=N/N(C)c1ccc(NCc2ccc(O)cc2O)cc1. The van der Waals surface area contributed by atoms with Crippen molar-refractivity contribution in [2.45, 2.75) is 13.5 Å². The summed E-state index contributed by atoms with van der Waals surface area (Å²) in [6.45, 7) is 3.23. The van der Waals surface area contributed by atoms with Gasteiger partial charge in [0.05, 0.1) is 31.2 Å². The highest BCUT2D eigenvalue weighted by atomic mass is 16.3. The van der Waals surface area contributed by atoms with Crippen LogP contribution in [0.2, 0.25) is 0 Å². The first-order chi connectivity index (χ1) is 13.4. The smallest absolute Gasteiger partial charge is 0.124 e. The Bertz CT molecular complexity index is 818. The van der Waals surface area contributed by atoms with Gasteiger partial charge in [0.1, 0.15) is 17.7 Å². The molecule has 28 heavy (non-hydrogen) atoms. The van der Waals surface area contributed by atoms with E-state index in [1.165, 1.54) is 6.07 Å². The quantitative estimate of drug-likeness (QED) is 0.393. The Morgan fingerprint density at radius 1 is 1.14 bits per heavy atom. The molecule has 2 rings (SSSR count). The summed E-state index contributed by atoms with van der Waals surface area (Å²) in [5.41, 5.74) is 3.65. The number of phenols is 2. The van der Waals surface area contributed by atoms with Crippen molar-refractivity contribution in [3.63, 3.8) is 0 Å². The van der Waals surface area contributed by atoms with Crippen LogP contribution < -0.4 is 15.6 Å². The number of benzene rings is 2. The number of hydrogen-bond acceptors (Lipinski definition) is 6. The van der Waals surface area contributed by atoms with Gasteiger partial charge in [0.2, 0.25) is 0 Å². The number of quaternary nitrogens is 1. The van der Waals surface area contributed by atoms with Crippen molar-refractivity contribution in [2.24, 2.45) is 5.10 Å². The van der Waals surface area contributed by atoms with Gasteiger partial charge in [-0.25, -0.2) is 0 Å². The second-order valence-electron chi connectivity index (χ2n) is 6.66. The molecule has 0 aliphatic rings. The average Bonchev–Trinajstić information content (AvgIpc) is 2.66. The summed E-state index contributed by atoms with van der Waals surface area (Å²) in [6.07, 6.45) is 4.02. The minimum absolute atomic E-state index is 0.0513. The number of hydrazone groups is 1. The molecule has 2 aromatic rings. The van der Waals surface area contributed by atoms with Gasteiger partial charge in [0.25, 0.3) is 0 Å². The molecule has 0 aromatic heterocycles. The first kappa shape index (κ1) is 21.1. The van der Waals surface area contributed by atoms with Crippen LogP contribution in [-0.4, -0.2) is 48.5 Å². The average molecular weight is 385 g/mol. The van der Waals surface area contributed by atoms with E-state index >= 15 is 0 Å². The van der Waals surface area contributed by atoms with Crippen LogP contribution in [0.3, 0.4) is 0 Å². The van der Waals surface area contributed by atoms with E-state index in [0.29, 0.717) is 6.54 Å². The van der Waals surface area contributed by atoms with Crippen LogP contribution in [0.4, 0.5) is 11.4 Å². The molecule has 2 aromatic carbocycles. The van der Waals surface area contributed by atoms with Crippen LogP contribution in [0.1, 0.15) is 12.5 Å². The highest BCUT2D eigenvalue weighted by Gasteiger charge is 2.04.